The molecule has 0 bridgehead atoms. The number of hydrogen-bond acceptors (Lipinski definition) is 1. The van der Waals surface area contributed by atoms with Crippen LogP contribution in [0.1, 0.15) is 16.7 Å². The van der Waals surface area contributed by atoms with Gasteiger partial charge in [0.25, 0.3) is 0 Å². The van der Waals surface area contributed by atoms with Gasteiger partial charge in [-0.2, -0.15) is 13.2 Å². The minimum Gasteiger partial charge on any atom is -0.256 e. The summed E-state index contributed by atoms with van der Waals surface area (Å²) in [6.45, 7) is 3.92. The van der Waals surface area contributed by atoms with Gasteiger partial charge in [0.05, 0.1) is 11.1 Å². The third-order valence-corrected chi connectivity index (χ3v) is 3.75. The Morgan fingerprint density at radius 2 is 1.64 bits per heavy atom. The minimum absolute atomic E-state index is 0.519. The van der Waals surface area contributed by atoms with E-state index < -0.39 is 11.7 Å². The molecule has 0 aliphatic rings. The molecule has 0 radical (unpaired) electrons. The van der Waals surface area contributed by atoms with Gasteiger partial charge in [0.15, 0.2) is 0 Å². The molecule has 0 fully saturated rings. The zero-order valence-electron chi connectivity index (χ0n) is 12.2. The van der Waals surface area contributed by atoms with Crippen molar-refractivity contribution in [2.45, 2.75) is 20.0 Å². The maximum Gasteiger partial charge on any atom is 0.416 e. The SMILES string of the molecule is Cc1ccc(C)c(-c2ccnc3ccc(C(F)(F)F)cc23)c1. The van der Waals surface area contributed by atoms with E-state index in [2.05, 4.69) is 4.98 Å². The highest BCUT2D eigenvalue weighted by Gasteiger charge is 2.30. The molecule has 1 heterocycles. The quantitative estimate of drug-likeness (QED) is 0.575. The summed E-state index contributed by atoms with van der Waals surface area (Å²) in [6.07, 6.45) is -2.73. The number of pyridine rings is 1. The van der Waals surface area contributed by atoms with Gasteiger partial charge in [-0.05, 0) is 54.8 Å². The first-order valence-corrected chi connectivity index (χ1v) is 6.90. The fraction of sp³-hybridized carbons (Fsp3) is 0.167. The predicted octanol–water partition coefficient (Wildman–Crippen LogP) is 5.54. The van der Waals surface area contributed by atoms with Crippen LogP contribution in [0.25, 0.3) is 22.0 Å². The van der Waals surface area contributed by atoms with Gasteiger partial charge >= 0.3 is 6.18 Å². The summed E-state index contributed by atoms with van der Waals surface area (Å²) in [5.74, 6) is 0. The Hall–Kier alpha value is -2.36. The van der Waals surface area contributed by atoms with Crippen molar-refractivity contribution in [1.82, 2.24) is 4.98 Å². The summed E-state index contributed by atoms with van der Waals surface area (Å²) in [5, 5.41) is 0.519. The number of benzene rings is 2. The summed E-state index contributed by atoms with van der Waals surface area (Å²) < 4.78 is 38.9. The highest BCUT2D eigenvalue weighted by molar-refractivity contribution is 5.95. The highest BCUT2D eigenvalue weighted by Crippen LogP contribution is 2.35. The average molecular weight is 301 g/mol. The molecule has 0 aliphatic heterocycles. The molecule has 0 N–H and O–H groups in total. The number of fused-ring (bicyclic) bond motifs is 1. The number of nitrogens with zero attached hydrogens (tertiary/aromatic N) is 1. The lowest BCUT2D eigenvalue weighted by Gasteiger charge is -2.12. The molecule has 3 rings (SSSR count). The van der Waals surface area contributed by atoms with Crippen LogP contribution in [-0.2, 0) is 6.18 Å². The summed E-state index contributed by atoms with van der Waals surface area (Å²) in [4.78, 5) is 4.18. The summed E-state index contributed by atoms with van der Waals surface area (Å²) in [7, 11) is 0. The van der Waals surface area contributed by atoms with Crippen molar-refractivity contribution in [2.24, 2.45) is 0 Å². The van der Waals surface area contributed by atoms with Crippen molar-refractivity contribution >= 4 is 10.9 Å². The number of rotatable bonds is 1. The van der Waals surface area contributed by atoms with Gasteiger partial charge in [-0.25, -0.2) is 0 Å². The van der Waals surface area contributed by atoms with E-state index in [-0.39, 0.29) is 0 Å². The van der Waals surface area contributed by atoms with E-state index in [1.165, 1.54) is 12.1 Å². The first-order valence-electron chi connectivity index (χ1n) is 6.90. The third kappa shape index (κ3) is 2.56. The van der Waals surface area contributed by atoms with Gasteiger partial charge in [0.2, 0.25) is 0 Å². The van der Waals surface area contributed by atoms with Crippen molar-refractivity contribution in [3.05, 3.63) is 65.4 Å². The smallest absolute Gasteiger partial charge is 0.256 e. The van der Waals surface area contributed by atoms with Crippen molar-refractivity contribution in [3.8, 4) is 11.1 Å². The van der Waals surface area contributed by atoms with Crippen LogP contribution in [0.15, 0.2) is 48.7 Å². The van der Waals surface area contributed by atoms with Crippen molar-refractivity contribution < 1.29 is 13.2 Å². The molecular weight excluding hydrogens is 287 g/mol. The van der Waals surface area contributed by atoms with E-state index >= 15 is 0 Å². The number of aryl methyl sites for hydroxylation is 2. The van der Waals surface area contributed by atoms with E-state index in [0.717, 1.165) is 28.3 Å². The van der Waals surface area contributed by atoms with E-state index in [4.69, 9.17) is 0 Å². The predicted molar refractivity (Wildman–Crippen MR) is 81.7 cm³/mol. The molecule has 0 saturated carbocycles. The van der Waals surface area contributed by atoms with Gasteiger partial charge in [0.1, 0.15) is 0 Å². The van der Waals surface area contributed by atoms with Gasteiger partial charge in [-0.1, -0.05) is 23.8 Å². The molecule has 1 nitrogen and oxygen atoms in total. The maximum absolute atomic E-state index is 13.0. The lowest BCUT2D eigenvalue weighted by molar-refractivity contribution is -0.137. The largest absolute Gasteiger partial charge is 0.416 e. The molecule has 1 aromatic heterocycles. The zero-order chi connectivity index (χ0) is 15.9. The molecule has 2 aromatic carbocycles. The second kappa shape index (κ2) is 5.13. The summed E-state index contributed by atoms with van der Waals surface area (Å²) >= 11 is 0. The molecule has 4 heteroatoms. The first-order chi connectivity index (χ1) is 10.4. The molecule has 22 heavy (non-hydrogen) atoms. The van der Waals surface area contributed by atoms with Crippen LogP contribution in [-0.4, -0.2) is 4.98 Å². The average Bonchev–Trinajstić information content (AvgIpc) is 2.48. The molecule has 0 aliphatic carbocycles. The van der Waals surface area contributed by atoms with Crippen LogP contribution in [0.2, 0.25) is 0 Å². The Bertz CT molecular complexity index is 851. The topological polar surface area (TPSA) is 12.9 Å². The Labute approximate surface area is 126 Å². The normalized spacial score (nSPS) is 11.9. The molecule has 0 atom stereocenters. The Morgan fingerprint density at radius 3 is 2.36 bits per heavy atom. The monoisotopic (exact) mass is 301 g/mol. The molecule has 0 amide bonds. The molecular formula is C18H14F3N. The Kier molecular flexibility index (Phi) is 3.39. The van der Waals surface area contributed by atoms with E-state index in [1.807, 2.05) is 32.0 Å². The Morgan fingerprint density at radius 1 is 0.864 bits per heavy atom. The van der Waals surface area contributed by atoms with Gasteiger partial charge < -0.3 is 0 Å². The van der Waals surface area contributed by atoms with Crippen molar-refractivity contribution in [1.29, 1.82) is 0 Å². The fourth-order valence-electron chi connectivity index (χ4n) is 2.58. The number of aromatic nitrogens is 1. The van der Waals surface area contributed by atoms with Crippen LogP contribution >= 0.6 is 0 Å². The minimum atomic E-state index is -4.36. The Balaban J connectivity index is 2.32. The van der Waals surface area contributed by atoms with Crippen molar-refractivity contribution in [3.63, 3.8) is 0 Å². The number of alkyl halides is 3. The number of hydrogen-bond donors (Lipinski definition) is 0. The van der Waals surface area contributed by atoms with Crippen LogP contribution in [0, 0.1) is 13.8 Å². The van der Waals surface area contributed by atoms with Gasteiger partial charge in [0, 0.05) is 11.6 Å². The van der Waals surface area contributed by atoms with Gasteiger partial charge in [-0.15, -0.1) is 0 Å². The summed E-state index contributed by atoms with van der Waals surface area (Å²) in [5.41, 5.74) is 3.71. The lowest BCUT2D eigenvalue weighted by atomic mass is 9.95. The van der Waals surface area contributed by atoms with E-state index in [0.29, 0.717) is 10.9 Å². The molecule has 3 aromatic rings. The zero-order valence-corrected chi connectivity index (χ0v) is 12.2. The molecule has 0 unspecified atom stereocenters. The maximum atomic E-state index is 13.0. The second-order valence-electron chi connectivity index (χ2n) is 5.41. The van der Waals surface area contributed by atoms with E-state index in [9.17, 15) is 13.2 Å². The van der Waals surface area contributed by atoms with Crippen LogP contribution < -0.4 is 0 Å². The lowest BCUT2D eigenvalue weighted by Crippen LogP contribution is -2.04. The second-order valence-corrected chi connectivity index (χ2v) is 5.41. The fourth-order valence-corrected chi connectivity index (χ4v) is 2.58. The molecule has 112 valence electrons. The molecule has 0 saturated heterocycles. The summed E-state index contributed by atoms with van der Waals surface area (Å²) in [6, 6.07) is 11.4. The van der Waals surface area contributed by atoms with Crippen LogP contribution in [0.4, 0.5) is 13.2 Å². The van der Waals surface area contributed by atoms with Crippen molar-refractivity contribution in [2.75, 3.05) is 0 Å². The molecule has 0 spiro atoms. The third-order valence-electron chi connectivity index (χ3n) is 3.75. The first kappa shape index (κ1) is 14.6. The van der Waals surface area contributed by atoms with Crippen LogP contribution in [0.3, 0.4) is 0 Å². The van der Waals surface area contributed by atoms with Gasteiger partial charge in [-0.3, -0.25) is 4.98 Å². The van der Waals surface area contributed by atoms with Crippen LogP contribution in [0.5, 0.6) is 0 Å². The number of halogens is 3. The van der Waals surface area contributed by atoms with E-state index in [1.54, 1.807) is 12.3 Å². The standard InChI is InChI=1S/C18H14F3N/c1-11-3-4-12(2)15(9-11)14-7-8-22-17-6-5-13(10-16(14)17)18(19,20)21/h3-10H,1-2H3. The highest BCUT2D eigenvalue weighted by atomic mass is 19.4.